The first-order valence-corrected chi connectivity index (χ1v) is 6.18. The maximum Gasteiger partial charge on any atom is 0.231 e. The van der Waals surface area contributed by atoms with Crippen LogP contribution in [0, 0.1) is 0 Å². The minimum absolute atomic E-state index is 0.222. The Labute approximate surface area is 110 Å². The Morgan fingerprint density at radius 2 is 2.11 bits per heavy atom. The van der Waals surface area contributed by atoms with Crippen LogP contribution in [0.4, 0.5) is 0 Å². The third-order valence-corrected chi connectivity index (χ3v) is 3.74. The van der Waals surface area contributed by atoms with Crippen LogP contribution in [0.3, 0.4) is 0 Å². The normalized spacial score (nSPS) is 36.7. The van der Waals surface area contributed by atoms with Gasteiger partial charge in [0.15, 0.2) is 11.5 Å². The average molecular weight is 267 g/mol. The van der Waals surface area contributed by atoms with Crippen LogP contribution in [0.25, 0.3) is 0 Å². The first-order valence-electron chi connectivity index (χ1n) is 6.18. The van der Waals surface area contributed by atoms with Crippen molar-refractivity contribution in [1.29, 1.82) is 0 Å². The molecular formula is C13H17NO5. The van der Waals surface area contributed by atoms with E-state index >= 15 is 0 Å². The van der Waals surface area contributed by atoms with Crippen molar-refractivity contribution in [3.05, 3.63) is 23.8 Å². The van der Waals surface area contributed by atoms with E-state index in [1.54, 1.807) is 0 Å². The second-order valence-electron chi connectivity index (χ2n) is 5.15. The van der Waals surface area contributed by atoms with Crippen LogP contribution in [0.1, 0.15) is 12.5 Å². The summed E-state index contributed by atoms with van der Waals surface area (Å²) in [5, 5.41) is 20.0. The molecule has 104 valence electrons. The summed E-state index contributed by atoms with van der Waals surface area (Å²) in [6.07, 6.45) is -2.08. The quantitative estimate of drug-likeness (QED) is 0.684. The van der Waals surface area contributed by atoms with Gasteiger partial charge in [-0.15, -0.1) is 0 Å². The summed E-state index contributed by atoms with van der Waals surface area (Å²) in [6.45, 7) is 1.75. The van der Waals surface area contributed by atoms with Crippen molar-refractivity contribution in [3.8, 4) is 11.5 Å². The molecule has 0 aromatic heterocycles. The van der Waals surface area contributed by atoms with Crippen LogP contribution in [0.2, 0.25) is 0 Å². The zero-order valence-electron chi connectivity index (χ0n) is 10.6. The molecule has 6 heteroatoms. The fourth-order valence-electron chi connectivity index (χ4n) is 2.46. The Balaban J connectivity index is 1.79. The van der Waals surface area contributed by atoms with Gasteiger partial charge in [0.25, 0.3) is 0 Å². The summed E-state index contributed by atoms with van der Waals surface area (Å²) < 4.78 is 16.0. The summed E-state index contributed by atoms with van der Waals surface area (Å²) in [4.78, 5) is 0. The number of fused-ring (bicyclic) bond motifs is 1. The highest BCUT2D eigenvalue weighted by molar-refractivity contribution is 5.44. The van der Waals surface area contributed by atoms with E-state index < -0.39 is 24.0 Å². The van der Waals surface area contributed by atoms with Gasteiger partial charge in [0.1, 0.15) is 17.9 Å². The maximum atomic E-state index is 10.2. The fourth-order valence-corrected chi connectivity index (χ4v) is 2.46. The molecule has 6 nitrogen and oxygen atoms in total. The van der Waals surface area contributed by atoms with Crippen LogP contribution in [-0.4, -0.2) is 41.0 Å². The summed E-state index contributed by atoms with van der Waals surface area (Å²) >= 11 is 0. The molecule has 0 radical (unpaired) electrons. The van der Waals surface area contributed by atoms with Gasteiger partial charge in [-0.3, -0.25) is 0 Å². The lowest BCUT2D eigenvalue weighted by Crippen LogP contribution is -2.47. The molecule has 4 N–H and O–H groups in total. The van der Waals surface area contributed by atoms with E-state index in [1.165, 1.54) is 6.92 Å². The molecule has 0 unspecified atom stereocenters. The SMILES string of the molecule is C[C@@]1(O)[C@@H](Cc2ccc3c(c2)OCO3)O[C@@H](N)[C@@H]1O. The molecule has 0 aliphatic carbocycles. The number of aliphatic hydroxyl groups excluding tert-OH is 1. The van der Waals surface area contributed by atoms with Crippen molar-refractivity contribution >= 4 is 0 Å². The van der Waals surface area contributed by atoms with Crippen LogP contribution in [-0.2, 0) is 11.2 Å². The summed E-state index contributed by atoms with van der Waals surface area (Å²) in [5.41, 5.74) is 5.17. The Morgan fingerprint density at radius 3 is 2.79 bits per heavy atom. The highest BCUT2D eigenvalue weighted by atomic mass is 16.7. The molecule has 0 amide bonds. The molecule has 0 saturated carbocycles. The lowest BCUT2D eigenvalue weighted by molar-refractivity contribution is -0.0625. The number of rotatable bonds is 2. The van der Waals surface area contributed by atoms with Gasteiger partial charge in [-0.05, 0) is 24.6 Å². The Kier molecular flexibility index (Phi) is 2.90. The minimum Gasteiger partial charge on any atom is -0.454 e. The minimum atomic E-state index is -1.37. The lowest BCUT2D eigenvalue weighted by Gasteiger charge is -2.26. The zero-order valence-corrected chi connectivity index (χ0v) is 10.6. The van der Waals surface area contributed by atoms with Crippen molar-refractivity contribution in [1.82, 2.24) is 0 Å². The second kappa shape index (κ2) is 4.35. The van der Waals surface area contributed by atoms with E-state index in [-0.39, 0.29) is 6.79 Å². The molecule has 0 bridgehead atoms. The number of hydrogen-bond donors (Lipinski definition) is 3. The molecule has 19 heavy (non-hydrogen) atoms. The van der Waals surface area contributed by atoms with Crippen molar-refractivity contribution in [2.45, 2.75) is 37.4 Å². The third-order valence-electron chi connectivity index (χ3n) is 3.74. The molecule has 2 aliphatic rings. The number of hydrogen-bond acceptors (Lipinski definition) is 6. The van der Waals surface area contributed by atoms with E-state index in [2.05, 4.69) is 0 Å². The van der Waals surface area contributed by atoms with Crippen molar-refractivity contribution in [3.63, 3.8) is 0 Å². The Morgan fingerprint density at radius 1 is 1.37 bits per heavy atom. The molecule has 0 spiro atoms. The summed E-state index contributed by atoms with van der Waals surface area (Å²) in [5.74, 6) is 1.39. The molecule has 2 aliphatic heterocycles. The standard InChI is InChI=1S/C13H17NO5/c1-13(16)10(19-12(14)11(13)15)5-7-2-3-8-9(4-7)18-6-17-8/h2-4,10-12,15-16H,5-6,14H2,1H3/t10-,11+,12-,13-/m1/s1. The fraction of sp³-hybridized carbons (Fsp3) is 0.538. The van der Waals surface area contributed by atoms with Gasteiger partial charge >= 0.3 is 0 Å². The molecule has 1 fully saturated rings. The van der Waals surface area contributed by atoms with E-state index in [9.17, 15) is 10.2 Å². The highest BCUT2D eigenvalue weighted by Gasteiger charge is 2.50. The second-order valence-corrected chi connectivity index (χ2v) is 5.15. The maximum absolute atomic E-state index is 10.2. The van der Waals surface area contributed by atoms with Crippen LogP contribution in [0.15, 0.2) is 18.2 Å². The van der Waals surface area contributed by atoms with E-state index in [1.807, 2.05) is 18.2 Å². The Hall–Kier alpha value is -1.34. The highest BCUT2D eigenvalue weighted by Crippen LogP contribution is 2.35. The van der Waals surface area contributed by atoms with Crippen LogP contribution < -0.4 is 15.2 Å². The summed E-state index contributed by atoms with van der Waals surface area (Å²) in [6, 6.07) is 5.54. The van der Waals surface area contributed by atoms with Crippen molar-refractivity contribution in [2.24, 2.45) is 5.73 Å². The number of nitrogens with two attached hydrogens (primary N) is 1. The molecule has 2 heterocycles. The van der Waals surface area contributed by atoms with Crippen molar-refractivity contribution < 1.29 is 24.4 Å². The largest absolute Gasteiger partial charge is 0.454 e. The number of ether oxygens (including phenoxy) is 3. The number of aliphatic hydroxyl groups is 2. The monoisotopic (exact) mass is 267 g/mol. The van der Waals surface area contributed by atoms with Gasteiger partial charge in [-0.1, -0.05) is 6.07 Å². The smallest absolute Gasteiger partial charge is 0.231 e. The van der Waals surface area contributed by atoms with Gasteiger partial charge in [-0.2, -0.15) is 0 Å². The zero-order chi connectivity index (χ0) is 13.6. The third kappa shape index (κ3) is 2.06. The first-order chi connectivity index (χ1) is 8.98. The molecule has 1 aromatic carbocycles. The molecule has 3 rings (SSSR count). The summed E-state index contributed by atoms with van der Waals surface area (Å²) in [7, 11) is 0. The molecule has 1 saturated heterocycles. The van der Waals surface area contributed by atoms with E-state index in [4.69, 9.17) is 19.9 Å². The van der Waals surface area contributed by atoms with Crippen LogP contribution >= 0.6 is 0 Å². The lowest BCUT2D eigenvalue weighted by atomic mass is 9.90. The Bertz CT molecular complexity index is 490. The van der Waals surface area contributed by atoms with Gasteiger partial charge < -0.3 is 30.2 Å². The van der Waals surface area contributed by atoms with Crippen LogP contribution in [0.5, 0.6) is 11.5 Å². The predicted molar refractivity (Wildman–Crippen MR) is 65.7 cm³/mol. The average Bonchev–Trinajstić information content (AvgIpc) is 2.90. The van der Waals surface area contributed by atoms with Crippen molar-refractivity contribution in [2.75, 3.05) is 6.79 Å². The van der Waals surface area contributed by atoms with Gasteiger partial charge in [0, 0.05) is 6.42 Å². The topological polar surface area (TPSA) is 94.2 Å². The first kappa shape index (κ1) is 12.7. The van der Waals surface area contributed by atoms with Gasteiger partial charge in [0.05, 0.1) is 6.10 Å². The van der Waals surface area contributed by atoms with E-state index in [0.717, 1.165) is 5.56 Å². The predicted octanol–water partition coefficient (Wildman–Crippen LogP) is -0.247. The van der Waals surface area contributed by atoms with E-state index in [0.29, 0.717) is 17.9 Å². The van der Waals surface area contributed by atoms with Gasteiger partial charge in [-0.25, -0.2) is 0 Å². The molecule has 1 aromatic rings. The molecular weight excluding hydrogens is 250 g/mol. The number of benzene rings is 1. The molecule has 4 atom stereocenters. The van der Waals surface area contributed by atoms with Gasteiger partial charge in [0.2, 0.25) is 6.79 Å².